The number of urea groups is 1. The summed E-state index contributed by atoms with van der Waals surface area (Å²) in [5, 5.41) is 0.440. The number of unbranched alkanes of at least 4 members (excludes halogenated alkanes) is 8. The van der Waals surface area contributed by atoms with E-state index in [4.69, 9.17) is 49.0 Å². The van der Waals surface area contributed by atoms with Crippen LogP contribution in [0.15, 0.2) is 42.9 Å². The number of pyridine rings is 1. The lowest BCUT2D eigenvalue weighted by molar-refractivity contribution is 0.132. The summed E-state index contributed by atoms with van der Waals surface area (Å²) in [4.78, 5) is 30.0. The number of amides is 2. The summed E-state index contributed by atoms with van der Waals surface area (Å²) in [6.45, 7) is 7.31. The van der Waals surface area contributed by atoms with Gasteiger partial charge in [-0.15, -0.1) is 0 Å². The van der Waals surface area contributed by atoms with Crippen LogP contribution in [0.2, 0.25) is 15.2 Å². The number of carbonyl (C=O) groups excluding carboxylic acids is 1. The van der Waals surface area contributed by atoms with Crippen LogP contribution in [0.4, 0.5) is 16.3 Å². The van der Waals surface area contributed by atoms with Crippen LogP contribution in [0.5, 0.6) is 11.5 Å². The third-order valence-electron chi connectivity index (χ3n) is 7.66. The minimum Gasteiger partial charge on any atom is -0.495 e. The monoisotopic (exact) mass is 707 g/mol. The molecule has 0 unspecified atom stereocenters. The van der Waals surface area contributed by atoms with Crippen molar-refractivity contribution in [2.45, 2.75) is 91.5 Å². The third kappa shape index (κ3) is 12.6. The van der Waals surface area contributed by atoms with Gasteiger partial charge in [0.05, 0.1) is 32.1 Å². The highest BCUT2D eigenvalue weighted by atomic mass is 35.5. The zero-order valence-electron chi connectivity index (χ0n) is 28.2. The highest BCUT2D eigenvalue weighted by Crippen LogP contribution is 2.46. The Labute approximate surface area is 294 Å². The lowest BCUT2D eigenvalue weighted by Crippen LogP contribution is -2.45. The molecule has 9 nitrogen and oxygen atoms in total. The minimum absolute atomic E-state index is 0.0798. The zero-order valence-corrected chi connectivity index (χ0v) is 30.5. The summed E-state index contributed by atoms with van der Waals surface area (Å²) in [6.07, 6.45) is 15.0. The standard InChI is InChI=1S/C35H48Cl3N5O4/c1-35(2,3)18-14-11-9-7-6-8-10-12-16-20-47-25-43(33-31(37)27(45-4)21-28(46-5)32(33)38)34(44)42(23-26-17-13-15-19-39-26)30-22-29(36)40-24-41-30/h13,15,17,19,21-22,24H,6-12,14,16,18,20,23,25H2,1-5H3. The first-order valence-electron chi connectivity index (χ1n) is 16.2. The molecule has 0 saturated carbocycles. The molecule has 258 valence electrons. The van der Waals surface area contributed by atoms with Gasteiger partial charge < -0.3 is 14.2 Å². The Morgan fingerprint density at radius 2 is 1.40 bits per heavy atom. The second kappa shape index (κ2) is 19.8. The number of benzene rings is 1. The van der Waals surface area contributed by atoms with Crippen LogP contribution in [0.1, 0.15) is 90.7 Å². The maximum atomic E-state index is 14.5. The Balaban J connectivity index is 1.71. The van der Waals surface area contributed by atoms with Crippen LogP contribution < -0.4 is 19.3 Å². The summed E-state index contributed by atoms with van der Waals surface area (Å²) < 4.78 is 17.1. The predicted molar refractivity (Wildman–Crippen MR) is 191 cm³/mol. The fraction of sp³-hybridized carbons (Fsp3) is 0.543. The number of nitrogens with zero attached hydrogens (tertiary/aromatic N) is 5. The number of aromatic nitrogens is 3. The summed E-state index contributed by atoms with van der Waals surface area (Å²) >= 11 is 19.8. The van der Waals surface area contributed by atoms with E-state index in [0.717, 1.165) is 19.3 Å². The van der Waals surface area contributed by atoms with Crippen molar-refractivity contribution >= 4 is 52.3 Å². The van der Waals surface area contributed by atoms with Crippen LogP contribution in [-0.2, 0) is 11.3 Å². The number of carbonyl (C=O) groups is 1. The van der Waals surface area contributed by atoms with Gasteiger partial charge in [-0.3, -0.25) is 14.8 Å². The van der Waals surface area contributed by atoms with Gasteiger partial charge >= 0.3 is 6.03 Å². The molecule has 1 aromatic carbocycles. The molecule has 2 amide bonds. The molecule has 0 atom stereocenters. The van der Waals surface area contributed by atoms with Crippen LogP contribution in [0.25, 0.3) is 0 Å². The Hall–Kier alpha value is -2.85. The quantitative estimate of drug-likeness (QED) is 0.0695. The first-order chi connectivity index (χ1) is 22.6. The zero-order chi connectivity index (χ0) is 34.2. The van der Waals surface area contributed by atoms with E-state index in [1.807, 2.05) is 12.1 Å². The molecule has 0 aliphatic carbocycles. The first-order valence-corrected chi connectivity index (χ1v) is 17.3. The van der Waals surface area contributed by atoms with E-state index in [1.165, 1.54) is 81.4 Å². The van der Waals surface area contributed by atoms with Crippen molar-refractivity contribution in [3.05, 3.63) is 63.7 Å². The van der Waals surface area contributed by atoms with Gasteiger partial charge in [0.15, 0.2) is 0 Å². The van der Waals surface area contributed by atoms with Crippen molar-refractivity contribution in [2.24, 2.45) is 5.41 Å². The lowest BCUT2D eigenvalue weighted by Gasteiger charge is -2.31. The molecule has 0 aliphatic heterocycles. The molecule has 12 heteroatoms. The Kier molecular flexibility index (Phi) is 16.3. The molecular formula is C35H48Cl3N5O4. The number of rotatable bonds is 19. The molecule has 0 N–H and O–H groups in total. The van der Waals surface area contributed by atoms with Gasteiger partial charge in [0, 0.05) is 24.9 Å². The molecule has 0 fully saturated rings. The maximum absolute atomic E-state index is 14.5. The second-order valence-electron chi connectivity index (χ2n) is 12.6. The lowest BCUT2D eigenvalue weighted by atomic mass is 9.89. The van der Waals surface area contributed by atoms with Crippen molar-refractivity contribution in [1.29, 1.82) is 0 Å². The first kappa shape index (κ1) is 38.6. The molecule has 0 aliphatic rings. The van der Waals surface area contributed by atoms with Gasteiger partial charge in [-0.2, -0.15) is 0 Å². The summed E-state index contributed by atoms with van der Waals surface area (Å²) in [6, 6.07) is 8.00. The van der Waals surface area contributed by atoms with Crippen molar-refractivity contribution in [3.63, 3.8) is 0 Å². The summed E-state index contributed by atoms with van der Waals surface area (Å²) in [5.41, 5.74) is 1.24. The van der Waals surface area contributed by atoms with E-state index in [-0.39, 0.29) is 51.5 Å². The van der Waals surface area contributed by atoms with E-state index in [1.54, 1.807) is 18.3 Å². The highest BCUT2D eigenvalue weighted by Gasteiger charge is 2.31. The Bertz CT molecular complexity index is 1360. The van der Waals surface area contributed by atoms with Crippen molar-refractivity contribution in [2.75, 3.05) is 37.4 Å². The molecule has 2 heterocycles. The van der Waals surface area contributed by atoms with E-state index in [9.17, 15) is 4.79 Å². The van der Waals surface area contributed by atoms with E-state index < -0.39 is 6.03 Å². The van der Waals surface area contributed by atoms with E-state index in [0.29, 0.717) is 17.7 Å². The SMILES string of the molecule is COc1cc(OC)c(Cl)c(N(COCCCCCCCCCCCC(C)(C)C)C(=O)N(Cc2ccccn2)c2cc(Cl)ncn2)c1Cl. The molecule has 3 aromatic rings. The fourth-order valence-corrected chi connectivity index (χ4v) is 5.94. The van der Waals surface area contributed by atoms with Crippen LogP contribution in [0.3, 0.4) is 0 Å². The largest absolute Gasteiger partial charge is 0.495 e. The van der Waals surface area contributed by atoms with Gasteiger partial charge in [-0.05, 0) is 30.4 Å². The molecule has 2 aromatic heterocycles. The topological polar surface area (TPSA) is 89.9 Å². The number of anilines is 2. The number of hydrogen-bond acceptors (Lipinski definition) is 7. The van der Waals surface area contributed by atoms with Crippen LogP contribution in [0, 0.1) is 5.41 Å². The Morgan fingerprint density at radius 1 is 0.787 bits per heavy atom. The normalized spacial score (nSPS) is 11.4. The molecule has 0 spiro atoms. The minimum atomic E-state index is -0.521. The number of methoxy groups -OCH3 is 2. The highest BCUT2D eigenvalue weighted by molar-refractivity contribution is 6.42. The van der Waals surface area contributed by atoms with Crippen LogP contribution >= 0.6 is 34.8 Å². The van der Waals surface area contributed by atoms with Crippen molar-refractivity contribution < 1.29 is 19.0 Å². The average Bonchev–Trinajstić information content (AvgIpc) is 3.04. The molecule has 0 saturated heterocycles. The fourth-order valence-electron chi connectivity index (χ4n) is 5.10. The van der Waals surface area contributed by atoms with Gasteiger partial charge in [0.1, 0.15) is 45.6 Å². The number of hydrogen-bond donors (Lipinski definition) is 0. The van der Waals surface area contributed by atoms with Gasteiger partial charge in [-0.25, -0.2) is 14.8 Å². The van der Waals surface area contributed by atoms with E-state index in [2.05, 4.69) is 35.7 Å². The molecule has 47 heavy (non-hydrogen) atoms. The number of ether oxygens (including phenoxy) is 3. The Morgan fingerprint density at radius 3 is 1.96 bits per heavy atom. The summed E-state index contributed by atoms with van der Waals surface area (Å²) in [7, 11) is 2.95. The van der Waals surface area contributed by atoms with Gasteiger partial charge in [0.2, 0.25) is 0 Å². The van der Waals surface area contributed by atoms with Crippen LogP contribution in [-0.4, -0.2) is 48.5 Å². The molecular weight excluding hydrogens is 661 g/mol. The van der Waals surface area contributed by atoms with Crippen molar-refractivity contribution in [1.82, 2.24) is 15.0 Å². The molecule has 0 bridgehead atoms. The summed E-state index contributed by atoms with van der Waals surface area (Å²) in [5.74, 6) is 0.842. The predicted octanol–water partition coefficient (Wildman–Crippen LogP) is 10.4. The smallest absolute Gasteiger partial charge is 0.332 e. The second-order valence-corrected chi connectivity index (χ2v) is 13.7. The molecule has 3 rings (SSSR count). The van der Waals surface area contributed by atoms with Gasteiger partial charge in [-0.1, -0.05) is 113 Å². The van der Waals surface area contributed by atoms with Crippen molar-refractivity contribution in [3.8, 4) is 11.5 Å². The molecule has 0 radical (unpaired) electrons. The maximum Gasteiger partial charge on any atom is 0.332 e. The van der Waals surface area contributed by atoms with E-state index >= 15 is 0 Å². The number of halogens is 3. The average molecular weight is 709 g/mol. The van der Waals surface area contributed by atoms with Gasteiger partial charge in [0.25, 0.3) is 0 Å². The third-order valence-corrected chi connectivity index (χ3v) is 8.60.